The van der Waals surface area contributed by atoms with Crippen LogP contribution >= 0.6 is 0 Å². The van der Waals surface area contributed by atoms with Gasteiger partial charge in [-0.25, -0.2) is 0 Å². The maximum absolute atomic E-state index is 13.2. The van der Waals surface area contributed by atoms with Crippen molar-refractivity contribution in [3.63, 3.8) is 0 Å². The van der Waals surface area contributed by atoms with Crippen LogP contribution in [0.5, 0.6) is 0 Å². The van der Waals surface area contributed by atoms with Crippen molar-refractivity contribution in [3.05, 3.63) is 72.9 Å². The van der Waals surface area contributed by atoms with E-state index in [-0.39, 0.29) is 24.9 Å². The second-order valence-electron chi connectivity index (χ2n) is 16.9. The van der Waals surface area contributed by atoms with Crippen molar-refractivity contribution in [3.8, 4) is 0 Å². The van der Waals surface area contributed by atoms with Gasteiger partial charge in [-0.3, -0.25) is 9.59 Å². The van der Waals surface area contributed by atoms with Crippen LogP contribution in [0.2, 0.25) is 0 Å². The zero-order valence-corrected chi connectivity index (χ0v) is 39.3. The van der Waals surface area contributed by atoms with E-state index >= 15 is 0 Å². The minimum Gasteiger partial charge on any atom is -0.462 e. The lowest BCUT2D eigenvalue weighted by atomic mass is 10.0. The number of carbonyl (C=O) groups is 2. The Morgan fingerprint density at radius 1 is 0.517 bits per heavy atom. The summed E-state index contributed by atoms with van der Waals surface area (Å²) in [7, 11) is 0. The summed E-state index contributed by atoms with van der Waals surface area (Å²) in [6.45, 7) is 6.21. The Morgan fingerprint density at radius 2 is 1.00 bits per heavy atom. The zero-order chi connectivity index (χ0) is 43.8. The van der Waals surface area contributed by atoms with Crippen molar-refractivity contribution in [1.82, 2.24) is 5.32 Å². The molecule has 0 spiro atoms. The number of aliphatic hydroxyl groups excluding tert-OH is 2. The van der Waals surface area contributed by atoms with Gasteiger partial charge in [0.05, 0.1) is 25.2 Å². The van der Waals surface area contributed by atoms with Gasteiger partial charge in [0.1, 0.15) is 6.10 Å². The van der Waals surface area contributed by atoms with Gasteiger partial charge in [-0.05, 0) is 64.2 Å². The molecule has 3 N–H and O–H groups in total. The van der Waals surface area contributed by atoms with Gasteiger partial charge in [-0.15, -0.1) is 0 Å². The predicted molar refractivity (Wildman–Crippen MR) is 259 cm³/mol. The molecule has 6 heteroatoms. The lowest BCUT2D eigenvalue weighted by molar-refractivity contribution is -0.151. The van der Waals surface area contributed by atoms with E-state index in [9.17, 15) is 19.8 Å². The first-order valence-corrected chi connectivity index (χ1v) is 25.2. The number of carbonyl (C=O) groups excluding carboxylic acids is 2. The van der Waals surface area contributed by atoms with E-state index in [2.05, 4.69) is 62.5 Å². The van der Waals surface area contributed by atoms with E-state index in [1.807, 2.05) is 36.5 Å². The summed E-state index contributed by atoms with van der Waals surface area (Å²) in [6.07, 6.45) is 59.7. The molecule has 1 amide bonds. The van der Waals surface area contributed by atoms with Gasteiger partial charge in [0, 0.05) is 6.42 Å². The first-order valence-electron chi connectivity index (χ1n) is 25.2. The highest BCUT2D eigenvalue weighted by molar-refractivity contribution is 5.77. The molecule has 3 unspecified atom stereocenters. The maximum atomic E-state index is 13.2. The summed E-state index contributed by atoms with van der Waals surface area (Å²) in [5.74, 6) is -0.554. The molecule has 346 valence electrons. The summed E-state index contributed by atoms with van der Waals surface area (Å²) in [5.41, 5.74) is 0. The number of hydrogen-bond acceptors (Lipinski definition) is 5. The summed E-state index contributed by atoms with van der Waals surface area (Å²) in [6, 6.07) is -0.726. The molecule has 0 aromatic heterocycles. The largest absolute Gasteiger partial charge is 0.462 e. The van der Waals surface area contributed by atoms with Crippen LogP contribution in [-0.2, 0) is 14.3 Å². The van der Waals surface area contributed by atoms with Crippen molar-refractivity contribution in [2.45, 2.75) is 251 Å². The number of allylic oxidation sites excluding steroid dienone is 12. The Labute approximate surface area is 371 Å². The number of esters is 1. The van der Waals surface area contributed by atoms with E-state index in [4.69, 9.17) is 4.74 Å². The average molecular weight is 838 g/mol. The third kappa shape index (κ3) is 42.0. The smallest absolute Gasteiger partial charge is 0.306 e. The Balaban J connectivity index is 4.58. The zero-order valence-electron chi connectivity index (χ0n) is 39.3. The summed E-state index contributed by atoms with van der Waals surface area (Å²) >= 11 is 0. The molecule has 0 saturated heterocycles. The van der Waals surface area contributed by atoms with Crippen LogP contribution in [0.4, 0.5) is 0 Å². The van der Waals surface area contributed by atoms with Gasteiger partial charge in [0.15, 0.2) is 0 Å². The van der Waals surface area contributed by atoms with Crippen LogP contribution in [0, 0.1) is 0 Å². The highest BCUT2D eigenvalue weighted by Gasteiger charge is 2.24. The quantitative estimate of drug-likeness (QED) is 0.0246. The molecule has 0 aliphatic carbocycles. The van der Waals surface area contributed by atoms with E-state index in [0.29, 0.717) is 19.3 Å². The normalized spacial score (nSPS) is 13.9. The van der Waals surface area contributed by atoms with Crippen LogP contribution in [0.3, 0.4) is 0 Å². The number of nitrogens with one attached hydrogen (secondary N) is 1. The Bertz CT molecular complexity index is 1120. The van der Waals surface area contributed by atoms with E-state index in [1.165, 1.54) is 109 Å². The molecule has 0 aromatic carbocycles. The second-order valence-corrected chi connectivity index (χ2v) is 16.9. The minimum atomic E-state index is -0.808. The van der Waals surface area contributed by atoms with Crippen molar-refractivity contribution in [2.75, 3.05) is 6.61 Å². The third-order valence-corrected chi connectivity index (χ3v) is 11.1. The standard InChI is InChI=1S/C54H95NO5/c1-4-7-10-13-16-19-22-24-26-27-28-31-34-37-40-43-46-52(57)51(49-56)55-53(58)48-50(45-42-39-36-33-30-21-18-15-12-9-6-3)60-54(59)47-44-41-38-35-32-29-25-23-20-17-14-11-8-5-2/h8-9,11-12,15,17-18,20-21,30,33,36,50-52,56-57H,4-7,10,13-14,16,19,22-29,31-32,34-35,37-49H2,1-3H3,(H,55,58)/b11-8+,12-9+,18-15+,20-17+,30-21-,36-33-. The summed E-state index contributed by atoms with van der Waals surface area (Å²) in [5, 5.41) is 23.7. The molecule has 0 heterocycles. The number of amides is 1. The SMILES string of the molecule is CC/C=C/C=C/C=C\C=C/CCCC(CC(=O)NC(CO)C(O)CCCCCCCCCCCCCCCCCC)OC(=O)CCCCCCCCC/C=C/C/C=C/CC. The molecule has 0 aliphatic rings. The molecule has 6 nitrogen and oxygen atoms in total. The monoisotopic (exact) mass is 838 g/mol. The molecule has 3 atom stereocenters. The van der Waals surface area contributed by atoms with Crippen molar-refractivity contribution < 1.29 is 24.5 Å². The first kappa shape index (κ1) is 57.3. The van der Waals surface area contributed by atoms with Crippen LogP contribution in [0.1, 0.15) is 233 Å². The minimum absolute atomic E-state index is 0.0261. The van der Waals surface area contributed by atoms with E-state index < -0.39 is 18.2 Å². The van der Waals surface area contributed by atoms with Gasteiger partial charge < -0.3 is 20.3 Å². The lowest BCUT2D eigenvalue weighted by Gasteiger charge is -2.24. The maximum Gasteiger partial charge on any atom is 0.306 e. The van der Waals surface area contributed by atoms with E-state index in [0.717, 1.165) is 77.0 Å². The van der Waals surface area contributed by atoms with Gasteiger partial charge in [0.25, 0.3) is 0 Å². The Hall–Kier alpha value is -2.70. The molecule has 0 bridgehead atoms. The van der Waals surface area contributed by atoms with Crippen molar-refractivity contribution in [2.24, 2.45) is 0 Å². The number of ether oxygens (including phenoxy) is 1. The van der Waals surface area contributed by atoms with Crippen LogP contribution < -0.4 is 5.32 Å². The average Bonchev–Trinajstić information content (AvgIpc) is 3.24. The lowest BCUT2D eigenvalue weighted by Crippen LogP contribution is -2.46. The molecular formula is C54H95NO5. The predicted octanol–water partition coefficient (Wildman–Crippen LogP) is 15.0. The van der Waals surface area contributed by atoms with Crippen LogP contribution in [-0.4, -0.2) is 46.9 Å². The van der Waals surface area contributed by atoms with Gasteiger partial charge in [0.2, 0.25) is 5.91 Å². The van der Waals surface area contributed by atoms with Crippen LogP contribution in [0.15, 0.2) is 72.9 Å². The fraction of sp³-hybridized carbons (Fsp3) is 0.741. The molecule has 0 rings (SSSR count). The van der Waals surface area contributed by atoms with Gasteiger partial charge >= 0.3 is 5.97 Å². The molecule has 0 fully saturated rings. The molecule has 0 aromatic rings. The molecule has 0 aliphatic heterocycles. The van der Waals surface area contributed by atoms with Crippen LogP contribution in [0.25, 0.3) is 0 Å². The van der Waals surface area contributed by atoms with Crippen molar-refractivity contribution >= 4 is 11.9 Å². The second kappa shape index (κ2) is 47.4. The molecule has 0 radical (unpaired) electrons. The summed E-state index contributed by atoms with van der Waals surface area (Å²) in [4.78, 5) is 26.1. The molecular weight excluding hydrogens is 743 g/mol. The Morgan fingerprint density at radius 3 is 1.57 bits per heavy atom. The molecule has 0 saturated carbocycles. The summed E-state index contributed by atoms with van der Waals surface area (Å²) < 4.78 is 5.88. The topological polar surface area (TPSA) is 95.9 Å². The Kier molecular flexibility index (Phi) is 45.2. The number of rotatable bonds is 44. The van der Waals surface area contributed by atoms with Crippen molar-refractivity contribution in [1.29, 1.82) is 0 Å². The fourth-order valence-electron chi connectivity index (χ4n) is 7.37. The number of hydrogen-bond donors (Lipinski definition) is 3. The first-order chi connectivity index (χ1) is 29.5. The molecule has 60 heavy (non-hydrogen) atoms. The number of aliphatic hydroxyl groups is 2. The highest BCUT2D eigenvalue weighted by atomic mass is 16.5. The third-order valence-electron chi connectivity index (χ3n) is 11.1. The van der Waals surface area contributed by atoms with Gasteiger partial charge in [-0.2, -0.15) is 0 Å². The highest BCUT2D eigenvalue weighted by Crippen LogP contribution is 2.17. The van der Waals surface area contributed by atoms with Gasteiger partial charge in [-0.1, -0.05) is 229 Å². The fourth-order valence-corrected chi connectivity index (χ4v) is 7.37. The number of unbranched alkanes of at least 4 members (excludes halogenated alkanes) is 23. The van der Waals surface area contributed by atoms with E-state index in [1.54, 1.807) is 0 Å².